The highest BCUT2D eigenvalue weighted by Gasteiger charge is 2.33. The minimum Gasteiger partial charge on any atom is -0.444 e. The first-order valence-electron chi connectivity index (χ1n) is 11.5. The molecular weight excluding hydrogens is 440 g/mol. The number of hydrogen-bond donors (Lipinski definition) is 0. The Bertz CT molecular complexity index is 1170. The van der Waals surface area contributed by atoms with Crippen LogP contribution in [0.4, 0.5) is 10.5 Å². The second-order valence-corrected chi connectivity index (χ2v) is 11.9. The summed E-state index contributed by atoms with van der Waals surface area (Å²) in [5.74, 6) is 0. The van der Waals surface area contributed by atoms with Crippen molar-refractivity contribution < 1.29 is 17.9 Å². The Balaban J connectivity index is 1.49. The van der Waals surface area contributed by atoms with Crippen molar-refractivity contribution in [2.75, 3.05) is 24.5 Å². The molecule has 1 aromatic carbocycles. The predicted octanol–water partition coefficient (Wildman–Crippen LogP) is 3.63. The van der Waals surface area contributed by atoms with Gasteiger partial charge in [0.25, 0.3) is 0 Å². The number of nitrogens with zero attached hydrogens (tertiary/aromatic N) is 4. The molecule has 2 aromatic rings. The molecule has 0 radical (unpaired) electrons. The van der Waals surface area contributed by atoms with Gasteiger partial charge in [0, 0.05) is 38.4 Å². The molecule has 8 nitrogen and oxygen atoms in total. The van der Waals surface area contributed by atoms with E-state index in [0.29, 0.717) is 40.3 Å². The summed E-state index contributed by atoms with van der Waals surface area (Å²) in [7, 11) is -1.88. The Morgan fingerprint density at radius 1 is 1.12 bits per heavy atom. The van der Waals surface area contributed by atoms with Gasteiger partial charge in [-0.15, -0.1) is 0 Å². The average molecular weight is 475 g/mol. The van der Waals surface area contributed by atoms with Gasteiger partial charge in [0.1, 0.15) is 10.5 Å². The van der Waals surface area contributed by atoms with Crippen LogP contribution in [0.15, 0.2) is 28.0 Å². The maximum absolute atomic E-state index is 13.4. The number of likely N-dealkylation sites (tertiary alicyclic amines) is 1. The van der Waals surface area contributed by atoms with Crippen LogP contribution in [0.25, 0.3) is 0 Å². The van der Waals surface area contributed by atoms with Gasteiger partial charge < -0.3 is 14.5 Å². The molecule has 1 fully saturated rings. The molecule has 0 unspecified atom stereocenters. The van der Waals surface area contributed by atoms with E-state index in [2.05, 4.69) is 10.00 Å². The largest absolute Gasteiger partial charge is 0.444 e. The molecular formula is C24H34N4O4S. The number of aromatic nitrogens is 2. The number of anilines is 1. The Hall–Kier alpha value is -2.55. The molecule has 0 aliphatic carbocycles. The summed E-state index contributed by atoms with van der Waals surface area (Å²) in [5.41, 5.74) is 2.83. The third kappa shape index (κ3) is 4.47. The van der Waals surface area contributed by atoms with Crippen LogP contribution in [0.3, 0.4) is 0 Å². The van der Waals surface area contributed by atoms with Gasteiger partial charge in [0.2, 0.25) is 9.84 Å². The van der Waals surface area contributed by atoms with E-state index >= 15 is 0 Å². The van der Waals surface area contributed by atoms with E-state index in [1.807, 2.05) is 32.9 Å². The van der Waals surface area contributed by atoms with Gasteiger partial charge in [0.15, 0.2) is 0 Å². The van der Waals surface area contributed by atoms with Crippen molar-refractivity contribution in [3.8, 4) is 0 Å². The van der Waals surface area contributed by atoms with E-state index in [0.717, 1.165) is 37.1 Å². The third-order valence-corrected chi connectivity index (χ3v) is 8.56. The van der Waals surface area contributed by atoms with E-state index in [9.17, 15) is 13.2 Å². The molecule has 0 atom stereocenters. The molecule has 2 aliphatic rings. The highest BCUT2D eigenvalue weighted by Crippen LogP contribution is 2.36. The monoisotopic (exact) mass is 474 g/mol. The number of fused-ring (bicyclic) bond motifs is 1. The number of sulfone groups is 1. The molecule has 2 aliphatic heterocycles. The van der Waals surface area contributed by atoms with Crippen LogP contribution < -0.4 is 4.90 Å². The zero-order chi connectivity index (χ0) is 24.1. The number of rotatable bonds is 3. The number of carbonyl (C=O) groups is 1. The number of aryl methyl sites for hydroxylation is 2. The minimum atomic E-state index is -3.64. The highest BCUT2D eigenvalue weighted by molar-refractivity contribution is 7.91. The van der Waals surface area contributed by atoms with Crippen LogP contribution in [0.2, 0.25) is 0 Å². The molecule has 0 spiro atoms. The van der Waals surface area contributed by atoms with E-state index in [1.165, 1.54) is 0 Å². The second-order valence-electron chi connectivity index (χ2n) is 10.1. The van der Waals surface area contributed by atoms with Crippen LogP contribution in [0, 0.1) is 13.8 Å². The lowest BCUT2D eigenvalue weighted by Gasteiger charge is -2.38. The van der Waals surface area contributed by atoms with Crippen LogP contribution in [0.5, 0.6) is 0 Å². The summed E-state index contributed by atoms with van der Waals surface area (Å²) < 4.78 is 33.8. The van der Waals surface area contributed by atoms with Gasteiger partial charge in [-0.1, -0.05) is 0 Å². The topological polar surface area (TPSA) is 84.7 Å². The highest BCUT2D eigenvalue weighted by atomic mass is 32.2. The lowest BCUT2D eigenvalue weighted by molar-refractivity contribution is 0.0205. The number of piperidine rings is 1. The summed E-state index contributed by atoms with van der Waals surface area (Å²) in [6, 6.07) is 5.81. The smallest absolute Gasteiger partial charge is 0.410 e. The van der Waals surface area contributed by atoms with Crippen LogP contribution >= 0.6 is 0 Å². The first kappa shape index (κ1) is 23.6. The van der Waals surface area contributed by atoms with Gasteiger partial charge >= 0.3 is 6.09 Å². The number of carbonyl (C=O) groups excluding carboxylic acids is 1. The average Bonchev–Trinajstić information content (AvgIpc) is 3.26. The summed E-state index contributed by atoms with van der Waals surface area (Å²) in [5, 5.41) is 4.28. The normalized spacial score (nSPS) is 17.4. The maximum atomic E-state index is 13.4. The molecule has 180 valence electrons. The summed E-state index contributed by atoms with van der Waals surface area (Å²) >= 11 is 0. The number of benzene rings is 1. The van der Waals surface area contributed by atoms with Crippen molar-refractivity contribution in [3.05, 3.63) is 35.2 Å². The van der Waals surface area contributed by atoms with Gasteiger partial charge in [0.05, 0.1) is 16.3 Å². The third-order valence-electron chi connectivity index (χ3n) is 6.56. The van der Waals surface area contributed by atoms with Crippen molar-refractivity contribution in [1.29, 1.82) is 0 Å². The molecule has 0 bridgehead atoms. The van der Waals surface area contributed by atoms with Crippen molar-refractivity contribution in [2.45, 2.75) is 75.3 Å². The summed E-state index contributed by atoms with van der Waals surface area (Å²) in [6.07, 6.45) is 2.30. The zero-order valence-corrected chi connectivity index (χ0v) is 21.2. The van der Waals surface area contributed by atoms with Crippen LogP contribution in [-0.4, -0.2) is 60.5 Å². The van der Waals surface area contributed by atoms with Crippen molar-refractivity contribution >= 4 is 21.6 Å². The molecule has 1 saturated heterocycles. The quantitative estimate of drug-likeness (QED) is 0.675. The fraction of sp³-hybridized carbons (Fsp3) is 0.583. The summed E-state index contributed by atoms with van der Waals surface area (Å²) in [4.78, 5) is 17.1. The zero-order valence-electron chi connectivity index (χ0n) is 20.4. The fourth-order valence-corrected chi connectivity index (χ4v) is 6.63. The summed E-state index contributed by atoms with van der Waals surface area (Å²) in [6.45, 7) is 11.3. The first-order valence-corrected chi connectivity index (χ1v) is 13.0. The Kier molecular flexibility index (Phi) is 5.97. The predicted molar refractivity (Wildman–Crippen MR) is 126 cm³/mol. The van der Waals surface area contributed by atoms with Gasteiger partial charge in [-0.2, -0.15) is 5.10 Å². The molecule has 3 heterocycles. The molecule has 0 saturated carbocycles. The van der Waals surface area contributed by atoms with Crippen LogP contribution in [0.1, 0.15) is 50.6 Å². The molecule has 1 aromatic heterocycles. The lowest BCUT2D eigenvalue weighted by atomic mass is 10.0. The number of amides is 1. The molecule has 33 heavy (non-hydrogen) atoms. The Morgan fingerprint density at radius 3 is 2.36 bits per heavy atom. The van der Waals surface area contributed by atoms with E-state index in [4.69, 9.17) is 4.74 Å². The van der Waals surface area contributed by atoms with Gasteiger partial charge in [-0.25, -0.2) is 13.2 Å². The first-order chi connectivity index (χ1) is 15.4. The van der Waals surface area contributed by atoms with E-state index in [1.54, 1.807) is 36.5 Å². The molecule has 0 N–H and O–H groups in total. The number of hydrogen-bond acceptors (Lipinski definition) is 6. The van der Waals surface area contributed by atoms with Gasteiger partial charge in [-0.05, 0) is 77.6 Å². The minimum absolute atomic E-state index is 0.251. The lowest BCUT2D eigenvalue weighted by Crippen LogP contribution is -2.47. The Morgan fingerprint density at radius 2 is 1.79 bits per heavy atom. The van der Waals surface area contributed by atoms with Crippen LogP contribution in [-0.2, 0) is 28.0 Å². The SMILES string of the molecule is Cc1nn(C)c(C)c1S(=O)(=O)c1ccc2c(c1)CCN2C1CCN(C(=O)OC(C)(C)C)CC1. The fourth-order valence-electron chi connectivity index (χ4n) is 4.90. The molecule has 9 heteroatoms. The molecule has 1 amide bonds. The van der Waals surface area contributed by atoms with E-state index in [-0.39, 0.29) is 6.09 Å². The van der Waals surface area contributed by atoms with Crippen molar-refractivity contribution in [3.63, 3.8) is 0 Å². The maximum Gasteiger partial charge on any atom is 0.410 e. The Labute approximate surface area is 196 Å². The van der Waals surface area contributed by atoms with Crippen molar-refractivity contribution in [2.24, 2.45) is 7.05 Å². The van der Waals surface area contributed by atoms with E-state index < -0.39 is 15.4 Å². The van der Waals surface area contributed by atoms with Gasteiger partial charge in [-0.3, -0.25) is 4.68 Å². The van der Waals surface area contributed by atoms with Crippen molar-refractivity contribution in [1.82, 2.24) is 14.7 Å². The number of ether oxygens (including phenoxy) is 1. The molecule has 4 rings (SSSR count). The standard InChI is InChI=1S/C24H34N4O4S/c1-16-22(17(2)26(6)25-16)33(30,31)20-7-8-21-18(15-20)9-14-28(21)19-10-12-27(13-11-19)23(29)32-24(3,4)5/h7-8,15,19H,9-14H2,1-6H3. The second kappa shape index (κ2) is 8.34.